The van der Waals surface area contributed by atoms with Gasteiger partial charge in [-0.05, 0) is 13.8 Å². The summed E-state index contributed by atoms with van der Waals surface area (Å²) in [5, 5.41) is 0. The number of carbonyl (C=O) groups excluding carboxylic acids is 3. The Hall–Kier alpha value is -1.45. The van der Waals surface area contributed by atoms with Crippen molar-refractivity contribution < 1.29 is 19.1 Å². The Balaban J connectivity index is 2.53. The van der Waals surface area contributed by atoms with Crippen LogP contribution < -0.4 is 0 Å². The van der Waals surface area contributed by atoms with Crippen molar-refractivity contribution in [1.29, 1.82) is 0 Å². The number of hydrogen-bond donors (Lipinski definition) is 0. The summed E-state index contributed by atoms with van der Waals surface area (Å²) in [4.78, 5) is 36.4. The molecule has 1 saturated carbocycles. The van der Waals surface area contributed by atoms with Gasteiger partial charge in [0, 0.05) is 23.3 Å². The van der Waals surface area contributed by atoms with Gasteiger partial charge in [0.15, 0.2) is 0 Å². The summed E-state index contributed by atoms with van der Waals surface area (Å²) >= 11 is 0. The summed E-state index contributed by atoms with van der Waals surface area (Å²) < 4.78 is 4.98. The average Bonchev–Trinajstić information content (AvgIpc) is 2.25. The lowest BCUT2D eigenvalue weighted by atomic mass is 9.51. The van der Waals surface area contributed by atoms with Crippen LogP contribution in [0.1, 0.15) is 34.1 Å². The van der Waals surface area contributed by atoms with E-state index < -0.39 is 22.7 Å². The Labute approximate surface area is 106 Å². The van der Waals surface area contributed by atoms with Gasteiger partial charge in [-0.15, -0.1) is 0 Å². The van der Waals surface area contributed by atoms with E-state index in [4.69, 9.17) is 4.74 Å². The standard InChI is InChI=1S/C14H18O4/c1-5-18-11(16)9-6-8-10(15)7-14(9,4)12(17)13(8,2)3/h6,8H,5,7H2,1-4H3. The summed E-state index contributed by atoms with van der Waals surface area (Å²) in [5.74, 6) is -0.965. The number of fused-ring (bicyclic) bond motifs is 2. The van der Waals surface area contributed by atoms with Crippen molar-refractivity contribution in [2.45, 2.75) is 34.1 Å². The van der Waals surface area contributed by atoms with E-state index in [2.05, 4.69) is 0 Å². The van der Waals surface area contributed by atoms with Crippen molar-refractivity contribution in [3.8, 4) is 0 Å². The molecule has 98 valence electrons. The van der Waals surface area contributed by atoms with Gasteiger partial charge in [-0.25, -0.2) is 4.79 Å². The molecule has 0 spiro atoms. The maximum Gasteiger partial charge on any atom is 0.334 e. The molecular weight excluding hydrogens is 232 g/mol. The second-order valence-corrected chi connectivity index (χ2v) is 5.80. The molecule has 0 aromatic heterocycles. The fourth-order valence-electron chi connectivity index (χ4n) is 3.17. The maximum atomic E-state index is 12.5. The number of allylic oxidation sites excluding steroid dienone is 1. The number of hydrogen-bond acceptors (Lipinski definition) is 4. The molecule has 0 N–H and O–H groups in total. The largest absolute Gasteiger partial charge is 0.463 e. The summed E-state index contributed by atoms with van der Waals surface area (Å²) in [6, 6.07) is 0. The van der Waals surface area contributed by atoms with Crippen LogP contribution in [0.5, 0.6) is 0 Å². The van der Waals surface area contributed by atoms with E-state index in [9.17, 15) is 14.4 Å². The van der Waals surface area contributed by atoms with Gasteiger partial charge in [0.1, 0.15) is 11.6 Å². The molecule has 0 aromatic rings. The smallest absolute Gasteiger partial charge is 0.334 e. The third-order valence-corrected chi connectivity index (χ3v) is 4.16. The predicted molar refractivity (Wildman–Crippen MR) is 64.7 cm³/mol. The van der Waals surface area contributed by atoms with Crippen molar-refractivity contribution in [3.63, 3.8) is 0 Å². The fourth-order valence-corrected chi connectivity index (χ4v) is 3.17. The van der Waals surface area contributed by atoms with Crippen molar-refractivity contribution in [1.82, 2.24) is 0 Å². The molecule has 18 heavy (non-hydrogen) atoms. The monoisotopic (exact) mass is 250 g/mol. The molecule has 0 heterocycles. The van der Waals surface area contributed by atoms with Crippen molar-refractivity contribution in [3.05, 3.63) is 11.6 Å². The SMILES string of the molecule is CCOC(=O)C1=CC2C(=O)CC1(C)C(=O)C2(C)C. The van der Waals surface area contributed by atoms with Crippen LogP contribution in [0.15, 0.2) is 11.6 Å². The third kappa shape index (κ3) is 1.48. The summed E-state index contributed by atoms with van der Waals surface area (Å²) in [5.41, 5.74) is -1.37. The zero-order chi connectivity index (χ0) is 13.7. The zero-order valence-electron chi connectivity index (χ0n) is 11.2. The lowest BCUT2D eigenvalue weighted by Crippen LogP contribution is -2.57. The first-order chi connectivity index (χ1) is 8.25. The molecule has 0 saturated heterocycles. The number of ketones is 2. The quantitative estimate of drug-likeness (QED) is 0.700. The number of esters is 1. The molecule has 3 aliphatic rings. The van der Waals surface area contributed by atoms with Crippen LogP contribution in [-0.4, -0.2) is 24.1 Å². The highest BCUT2D eigenvalue weighted by Gasteiger charge is 2.60. The van der Waals surface area contributed by atoms with Gasteiger partial charge in [-0.3, -0.25) is 9.59 Å². The Morgan fingerprint density at radius 2 is 2.00 bits per heavy atom. The van der Waals surface area contributed by atoms with Gasteiger partial charge >= 0.3 is 5.97 Å². The Morgan fingerprint density at radius 1 is 1.39 bits per heavy atom. The molecule has 2 unspecified atom stereocenters. The van der Waals surface area contributed by atoms with Crippen molar-refractivity contribution >= 4 is 17.5 Å². The van der Waals surface area contributed by atoms with E-state index in [1.165, 1.54) is 0 Å². The first-order valence-corrected chi connectivity index (χ1v) is 6.22. The topological polar surface area (TPSA) is 60.4 Å². The molecule has 0 aromatic carbocycles. The van der Waals surface area contributed by atoms with Crippen LogP contribution in [0, 0.1) is 16.7 Å². The molecule has 0 aliphatic heterocycles. The molecule has 1 fully saturated rings. The second-order valence-electron chi connectivity index (χ2n) is 5.80. The fraction of sp³-hybridized carbons (Fsp3) is 0.643. The first-order valence-electron chi connectivity index (χ1n) is 6.22. The number of Topliss-reactive ketones (excluding diaryl/α,β-unsaturated/α-hetero) is 2. The zero-order valence-corrected chi connectivity index (χ0v) is 11.2. The predicted octanol–water partition coefficient (Wildman–Crippen LogP) is 1.68. The maximum absolute atomic E-state index is 12.5. The molecule has 0 amide bonds. The first kappa shape index (κ1) is 13.0. The minimum atomic E-state index is -1.01. The van der Waals surface area contributed by atoms with Crippen LogP contribution >= 0.6 is 0 Å². The van der Waals surface area contributed by atoms with E-state index in [0.717, 1.165) is 0 Å². The molecule has 4 heteroatoms. The summed E-state index contributed by atoms with van der Waals surface area (Å²) in [7, 11) is 0. The highest BCUT2D eigenvalue weighted by atomic mass is 16.5. The van der Waals surface area contributed by atoms with Gasteiger partial charge in [0.05, 0.1) is 12.0 Å². The minimum Gasteiger partial charge on any atom is -0.463 e. The van der Waals surface area contributed by atoms with Crippen molar-refractivity contribution in [2.75, 3.05) is 6.61 Å². The van der Waals surface area contributed by atoms with Crippen LogP contribution in [0.4, 0.5) is 0 Å². The third-order valence-electron chi connectivity index (χ3n) is 4.16. The number of carbonyl (C=O) groups is 3. The van der Waals surface area contributed by atoms with Crippen LogP contribution in [0.25, 0.3) is 0 Å². The molecule has 3 rings (SSSR count). The summed E-state index contributed by atoms with van der Waals surface area (Å²) in [6.07, 6.45) is 1.76. The van der Waals surface area contributed by atoms with Gasteiger partial charge in [0.25, 0.3) is 0 Å². The molecule has 0 radical (unpaired) electrons. The molecule has 2 bridgehead atoms. The van der Waals surface area contributed by atoms with Crippen LogP contribution in [0.2, 0.25) is 0 Å². The van der Waals surface area contributed by atoms with Gasteiger partial charge in [0.2, 0.25) is 0 Å². The Bertz CT molecular complexity index is 472. The molecule has 3 aliphatic carbocycles. The second kappa shape index (κ2) is 3.77. The highest BCUT2D eigenvalue weighted by Crippen LogP contribution is 2.54. The van der Waals surface area contributed by atoms with E-state index in [1.54, 1.807) is 33.8 Å². The minimum absolute atomic E-state index is 0.0369. The van der Waals surface area contributed by atoms with Crippen LogP contribution in [0.3, 0.4) is 0 Å². The van der Waals surface area contributed by atoms with Crippen molar-refractivity contribution in [2.24, 2.45) is 16.7 Å². The number of ether oxygens (including phenoxy) is 1. The lowest BCUT2D eigenvalue weighted by Gasteiger charge is -2.49. The molecule has 4 nitrogen and oxygen atoms in total. The Morgan fingerprint density at radius 3 is 2.56 bits per heavy atom. The highest BCUT2D eigenvalue weighted by molar-refractivity contribution is 6.12. The van der Waals surface area contributed by atoms with E-state index >= 15 is 0 Å². The molecule has 2 atom stereocenters. The van der Waals surface area contributed by atoms with E-state index in [1.807, 2.05) is 0 Å². The molecular formula is C14H18O4. The normalized spacial score (nSPS) is 33.3. The summed E-state index contributed by atoms with van der Waals surface area (Å²) in [6.45, 7) is 7.20. The van der Waals surface area contributed by atoms with Gasteiger partial charge in [-0.1, -0.05) is 19.9 Å². The Kier molecular flexibility index (Phi) is 2.72. The van der Waals surface area contributed by atoms with E-state index in [0.29, 0.717) is 5.57 Å². The van der Waals surface area contributed by atoms with Gasteiger partial charge < -0.3 is 4.74 Å². The van der Waals surface area contributed by atoms with Gasteiger partial charge in [-0.2, -0.15) is 0 Å². The van der Waals surface area contributed by atoms with Crippen LogP contribution in [-0.2, 0) is 19.1 Å². The average molecular weight is 250 g/mol. The lowest BCUT2D eigenvalue weighted by molar-refractivity contribution is -0.155. The van der Waals surface area contributed by atoms with E-state index in [-0.39, 0.29) is 24.6 Å². The number of rotatable bonds is 2.